The second-order valence-electron chi connectivity index (χ2n) is 7.63. The van der Waals surface area contributed by atoms with Crippen LogP contribution in [-0.4, -0.2) is 57.5 Å². The molecule has 2 aliphatic rings. The molecule has 2 fully saturated rings. The molecule has 1 atom stereocenters. The largest absolute Gasteiger partial charge is 0.379 e. The van der Waals surface area contributed by atoms with E-state index < -0.39 is 0 Å². The van der Waals surface area contributed by atoms with Gasteiger partial charge in [0.1, 0.15) is 0 Å². The number of carbonyl (C=O) groups is 1. The molecule has 0 N–H and O–H groups in total. The maximum atomic E-state index is 10.9. The van der Waals surface area contributed by atoms with Crippen molar-refractivity contribution < 1.29 is 14.1 Å². The van der Waals surface area contributed by atoms with Crippen molar-refractivity contribution in [2.45, 2.75) is 37.6 Å². The van der Waals surface area contributed by atoms with Gasteiger partial charge in [-0.25, -0.2) is 0 Å². The molecule has 8 nitrogen and oxygen atoms in total. The zero-order chi connectivity index (χ0) is 18.9. The molecule has 3 aromatic rings. The third kappa shape index (κ3) is 3.28. The number of ether oxygens (including phenoxy) is 1. The van der Waals surface area contributed by atoms with Crippen LogP contribution in [0.3, 0.4) is 0 Å². The molecule has 1 aromatic carbocycles. The second-order valence-corrected chi connectivity index (χ2v) is 7.63. The number of aromatic nitrogens is 4. The van der Waals surface area contributed by atoms with E-state index in [4.69, 9.17) is 14.4 Å². The SMILES string of the molecule is O=CN1CCC(c2nc(-c3ccc4cn(C5CCCOC5)nc4c3)no2)CC1. The number of likely N-dealkylation sites (tertiary alicyclic amines) is 1. The van der Waals surface area contributed by atoms with Gasteiger partial charge < -0.3 is 14.2 Å². The molecule has 146 valence electrons. The Kier molecular flexibility index (Phi) is 4.56. The number of hydrogen-bond acceptors (Lipinski definition) is 6. The van der Waals surface area contributed by atoms with Crippen LogP contribution in [0.1, 0.15) is 43.5 Å². The van der Waals surface area contributed by atoms with E-state index in [0.717, 1.165) is 74.9 Å². The molecule has 2 aromatic heterocycles. The number of hydrogen-bond donors (Lipinski definition) is 0. The average molecular weight is 381 g/mol. The summed E-state index contributed by atoms with van der Waals surface area (Å²) in [5.41, 5.74) is 1.83. The summed E-state index contributed by atoms with van der Waals surface area (Å²) in [4.78, 5) is 17.3. The first-order valence-electron chi connectivity index (χ1n) is 9.90. The van der Waals surface area contributed by atoms with Gasteiger partial charge in [0.2, 0.25) is 18.1 Å². The Morgan fingerprint density at radius 3 is 2.86 bits per heavy atom. The topological polar surface area (TPSA) is 86.3 Å². The molecule has 0 spiro atoms. The van der Waals surface area contributed by atoms with Crippen LogP contribution in [0.5, 0.6) is 0 Å². The molecule has 28 heavy (non-hydrogen) atoms. The molecule has 2 saturated heterocycles. The Labute approximate surface area is 162 Å². The average Bonchev–Trinajstić information content (AvgIpc) is 3.41. The summed E-state index contributed by atoms with van der Waals surface area (Å²) >= 11 is 0. The van der Waals surface area contributed by atoms with Crippen LogP contribution in [0.2, 0.25) is 0 Å². The number of piperidine rings is 1. The monoisotopic (exact) mass is 381 g/mol. The summed E-state index contributed by atoms with van der Waals surface area (Å²) in [6.07, 6.45) is 6.87. The lowest BCUT2D eigenvalue weighted by Crippen LogP contribution is -2.31. The molecule has 1 unspecified atom stereocenters. The normalized spacial score (nSPS) is 21.3. The van der Waals surface area contributed by atoms with Crippen LogP contribution in [-0.2, 0) is 9.53 Å². The highest BCUT2D eigenvalue weighted by Crippen LogP contribution is 2.29. The van der Waals surface area contributed by atoms with Gasteiger partial charge in [-0.05, 0) is 31.7 Å². The number of benzene rings is 1. The molecule has 0 saturated carbocycles. The van der Waals surface area contributed by atoms with Crippen LogP contribution in [0.15, 0.2) is 28.9 Å². The molecular formula is C20H23N5O3. The maximum absolute atomic E-state index is 10.9. The summed E-state index contributed by atoms with van der Waals surface area (Å²) in [6.45, 7) is 3.04. The molecule has 8 heteroatoms. The standard InChI is InChI=1S/C20H23N5O3/c26-13-24-7-5-14(6-8-24)20-21-19(23-28-20)15-3-4-16-11-25(22-18(16)10-15)17-2-1-9-27-12-17/h3-4,10-11,13-14,17H,1-2,5-9,12H2. The van der Waals surface area contributed by atoms with Gasteiger partial charge in [0.05, 0.1) is 18.2 Å². The fourth-order valence-electron chi connectivity index (χ4n) is 4.06. The van der Waals surface area contributed by atoms with Crippen molar-refractivity contribution in [2.24, 2.45) is 0 Å². The summed E-state index contributed by atoms with van der Waals surface area (Å²) in [6, 6.07) is 6.38. The van der Waals surface area contributed by atoms with E-state index in [0.29, 0.717) is 17.8 Å². The van der Waals surface area contributed by atoms with Crippen LogP contribution in [0.4, 0.5) is 0 Å². The highest BCUT2D eigenvalue weighted by atomic mass is 16.5. The van der Waals surface area contributed by atoms with Crippen molar-refractivity contribution in [1.29, 1.82) is 0 Å². The lowest BCUT2D eigenvalue weighted by atomic mass is 9.97. The van der Waals surface area contributed by atoms with Gasteiger partial charge in [-0.1, -0.05) is 17.3 Å². The van der Waals surface area contributed by atoms with Crippen molar-refractivity contribution in [3.8, 4) is 11.4 Å². The van der Waals surface area contributed by atoms with Gasteiger partial charge in [-0.15, -0.1) is 0 Å². The molecule has 5 rings (SSSR count). The highest BCUT2D eigenvalue weighted by molar-refractivity contribution is 5.82. The van der Waals surface area contributed by atoms with E-state index >= 15 is 0 Å². The predicted molar refractivity (Wildman–Crippen MR) is 102 cm³/mol. The predicted octanol–water partition coefficient (Wildman–Crippen LogP) is 2.77. The fourth-order valence-corrected chi connectivity index (χ4v) is 4.06. The van der Waals surface area contributed by atoms with E-state index in [1.54, 1.807) is 4.90 Å². The Morgan fingerprint density at radius 2 is 2.07 bits per heavy atom. The third-order valence-corrected chi connectivity index (χ3v) is 5.76. The van der Waals surface area contributed by atoms with E-state index in [1.165, 1.54) is 0 Å². The van der Waals surface area contributed by atoms with Gasteiger partial charge in [0.15, 0.2) is 0 Å². The highest BCUT2D eigenvalue weighted by Gasteiger charge is 2.25. The van der Waals surface area contributed by atoms with Crippen LogP contribution in [0, 0.1) is 0 Å². The Bertz CT molecular complexity index is 967. The van der Waals surface area contributed by atoms with Crippen molar-refractivity contribution in [1.82, 2.24) is 24.8 Å². The van der Waals surface area contributed by atoms with E-state index in [9.17, 15) is 4.79 Å². The van der Waals surface area contributed by atoms with Gasteiger partial charge in [-0.3, -0.25) is 9.48 Å². The molecular weight excluding hydrogens is 358 g/mol. The van der Waals surface area contributed by atoms with Crippen LogP contribution in [0.25, 0.3) is 22.3 Å². The van der Waals surface area contributed by atoms with Gasteiger partial charge in [0, 0.05) is 42.8 Å². The van der Waals surface area contributed by atoms with Crippen LogP contribution >= 0.6 is 0 Å². The van der Waals surface area contributed by atoms with Gasteiger partial charge in [0.25, 0.3) is 0 Å². The number of carbonyl (C=O) groups excluding carboxylic acids is 1. The maximum Gasteiger partial charge on any atom is 0.230 e. The first kappa shape index (κ1) is 17.4. The molecule has 4 heterocycles. The number of fused-ring (bicyclic) bond motifs is 1. The van der Waals surface area contributed by atoms with E-state index in [2.05, 4.69) is 22.4 Å². The zero-order valence-electron chi connectivity index (χ0n) is 15.7. The minimum Gasteiger partial charge on any atom is -0.379 e. The minimum absolute atomic E-state index is 0.215. The Morgan fingerprint density at radius 1 is 1.18 bits per heavy atom. The van der Waals surface area contributed by atoms with Crippen molar-refractivity contribution in [3.63, 3.8) is 0 Å². The Balaban J connectivity index is 1.36. The van der Waals surface area contributed by atoms with Crippen molar-refractivity contribution in [3.05, 3.63) is 30.3 Å². The quantitative estimate of drug-likeness (QED) is 0.646. The summed E-state index contributed by atoms with van der Waals surface area (Å²) in [7, 11) is 0. The van der Waals surface area contributed by atoms with Crippen molar-refractivity contribution >= 4 is 17.3 Å². The van der Waals surface area contributed by atoms with Crippen molar-refractivity contribution in [2.75, 3.05) is 26.3 Å². The van der Waals surface area contributed by atoms with E-state index in [1.807, 2.05) is 16.8 Å². The minimum atomic E-state index is 0.215. The number of amides is 1. The lowest BCUT2D eigenvalue weighted by Gasteiger charge is -2.26. The molecule has 0 radical (unpaired) electrons. The summed E-state index contributed by atoms with van der Waals surface area (Å²) in [5, 5.41) is 10.0. The summed E-state index contributed by atoms with van der Waals surface area (Å²) in [5.74, 6) is 1.46. The smallest absolute Gasteiger partial charge is 0.230 e. The Hall–Kier alpha value is -2.74. The molecule has 0 aliphatic carbocycles. The second kappa shape index (κ2) is 7.35. The number of rotatable bonds is 4. The first-order chi connectivity index (χ1) is 13.8. The molecule has 1 amide bonds. The first-order valence-corrected chi connectivity index (χ1v) is 9.90. The lowest BCUT2D eigenvalue weighted by molar-refractivity contribution is -0.119. The van der Waals surface area contributed by atoms with Gasteiger partial charge >= 0.3 is 0 Å². The fraction of sp³-hybridized carbons (Fsp3) is 0.500. The van der Waals surface area contributed by atoms with E-state index in [-0.39, 0.29) is 5.92 Å². The third-order valence-electron chi connectivity index (χ3n) is 5.76. The number of nitrogens with zero attached hydrogens (tertiary/aromatic N) is 5. The zero-order valence-corrected chi connectivity index (χ0v) is 15.7. The van der Waals surface area contributed by atoms with Gasteiger partial charge in [-0.2, -0.15) is 10.1 Å². The van der Waals surface area contributed by atoms with Crippen LogP contribution < -0.4 is 0 Å². The molecule has 2 aliphatic heterocycles. The summed E-state index contributed by atoms with van der Waals surface area (Å²) < 4.78 is 13.1. The molecule has 0 bridgehead atoms.